The van der Waals surface area contributed by atoms with Crippen LogP contribution in [-0.2, 0) is 52.2 Å². The lowest BCUT2D eigenvalue weighted by atomic mass is 10.00. The number of carbonyl (C=O) groups excluding carboxylic acids is 2. The number of ether oxygens (including phenoxy) is 9. The first-order chi connectivity index (χ1) is 18.2. The van der Waals surface area contributed by atoms with Crippen LogP contribution in [0.15, 0.2) is 0 Å². The van der Waals surface area contributed by atoms with Gasteiger partial charge in [0.25, 0.3) is 0 Å². The summed E-state index contributed by atoms with van der Waals surface area (Å²) in [5.41, 5.74) is 0. The second-order valence-electron chi connectivity index (χ2n) is 8.03. The van der Waals surface area contributed by atoms with E-state index in [2.05, 4.69) is 11.7 Å². The first kappa shape index (κ1) is 35.7. The summed E-state index contributed by atoms with van der Waals surface area (Å²) >= 11 is 0. The summed E-state index contributed by atoms with van der Waals surface area (Å²) < 4.78 is 47.5. The Morgan fingerprint density at radius 2 is 0.946 bits per heavy atom. The molecule has 220 valence electrons. The molecule has 0 saturated carbocycles. The molecule has 0 aromatic rings. The minimum atomic E-state index is -0.286. The summed E-state index contributed by atoms with van der Waals surface area (Å²) in [5.74, 6) is -0.411. The Balaban J connectivity index is 3.19. The molecule has 0 N–H and O–H groups in total. The van der Waals surface area contributed by atoms with Gasteiger partial charge in [-0.15, -0.1) is 0 Å². The lowest BCUT2D eigenvalue weighted by molar-refractivity contribution is -0.150. The van der Waals surface area contributed by atoms with Gasteiger partial charge >= 0.3 is 11.9 Å². The predicted molar refractivity (Wildman–Crippen MR) is 137 cm³/mol. The molecule has 0 fully saturated rings. The molecule has 0 aliphatic heterocycles. The highest BCUT2D eigenvalue weighted by atomic mass is 16.6. The van der Waals surface area contributed by atoms with Crippen LogP contribution < -0.4 is 0 Å². The first-order valence-corrected chi connectivity index (χ1v) is 13.4. The van der Waals surface area contributed by atoms with Crippen molar-refractivity contribution in [1.82, 2.24) is 0 Å². The lowest BCUT2D eigenvalue weighted by Gasteiger charge is -2.13. The number of esters is 2. The van der Waals surface area contributed by atoms with E-state index in [4.69, 9.17) is 37.9 Å². The molecule has 0 amide bonds. The molecule has 1 atom stereocenters. The van der Waals surface area contributed by atoms with Crippen molar-refractivity contribution >= 4 is 11.9 Å². The molecule has 0 aliphatic carbocycles. The molecule has 0 saturated heterocycles. The second-order valence-corrected chi connectivity index (χ2v) is 8.03. The number of methoxy groups -OCH3 is 1. The highest BCUT2D eigenvalue weighted by Gasteiger charge is 2.16. The standard InChI is InChI=1S/C26H50O11/c1-4-6-7-24(5-2)26(28)37-23-22-36-21-20-35-19-18-34-17-16-33-15-14-32-13-12-31-11-10-30-9-8-25(27)29-3/h24H,4-23H2,1-3H3. The van der Waals surface area contributed by atoms with Crippen molar-refractivity contribution in [3.05, 3.63) is 0 Å². The van der Waals surface area contributed by atoms with Gasteiger partial charge in [0.2, 0.25) is 0 Å². The van der Waals surface area contributed by atoms with Crippen LogP contribution in [-0.4, -0.2) is 118 Å². The van der Waals surface area contributed by atoms with Crippen LogP contribution in [0.1, 0.15) is 46.0 Å². The minimum absolute atomic E-state index is 0.00284. The van der Waals surface area contributed by atoms with E-state index in [0.29, 0.717) is 92.5 Å². The van der Waals surface area contributed by atoms with Gasteiger partial charge in [0.15, 0.2) is 0 Å². The molecular weight excluding hydrogens is 488 g/mol. The van der Waals surface area contributed by atoms with E-state index in [1.54, 1.807) is 0 Å². The summed E-state index contributed by atoms with van der Waals surface area (Å²) in [6, 6.07) is 0. The van der Waals surface area contributed by atoms with Crippen LogP contribution >= 0.6 is 0 Å². The number of hydrogen-bond donors (Lipinski definition) is 0. The number of unbranched alkanes of at least 4 members (excludes halogenated alkanes) is 1. The molecule has 11 nitrogen and oxygen atoms in total. The molecular formula is C26H50O11. The fraction of sp³-hybridized carbons (Fsp3) is 0.923. The molecule has 0 spiro atoms. The smallest absolute Gasteiger partial charge is 0.308 e. The van der Waals surface area contributed by atoms with E-state index in [1.807, 2.05) is 6.92 Å². The highest BCUT2D eigenvalue weighted by molar-refractivity contribution is 5.72. The average Bonchev–Trinajstić information content (AvgIpc) is 2.91. The molecule has 1 unspecified atom stereocenters. The molecule has 0 aromatic carbocycles. The van der Waals surface area contributed by atoms with E-state index in [1.165, 1.54) is 7.11 Å². The summed E-state index contributed by atoms with van der Waals surface area (Å²) in [6.45, 7) is 10.8. The zero-order chi connectivity index (χ0) is 27.2. The Bertz CT molecular complexity index is 505. The van der Waals surface area contributed by atoms with Crippen molar-refractivity contribution < 1.29 is 52.2 Å². The average molecular weight is 539 g/mol. The molecule has 0 aliphatic rings. The van der Waals surface area contributed by atoms with Crippen LogP contribution in [0.25, 0.3) is 0 Å². The van der Waals surface area contributed by atoms with Crippen LogP contribution in [0, 0.1) is 5.92 Å². The molecule has 11 heteroatoms. The van der Waals surface area contributed by atoms with E-state index in [-0.39, 0.29) is 30.9 Å². The summed E-state index contributed by atoms with van der Waals surface area (Å²) in [5, 5.41) is 0. The maximum atomic E-state index is 12.0. The van der Waals surface area contributed by atoms with E-state index < -0.39 is 0 Å². The maximum Gasteiger partial charge on any atom is 0.308 e. The molecule has 0 aromatic heterocycles. The summed E-state index contributed by atoms with van der Waals surface area (Å²) in [4.78, 5) is 22.9. The Kier molecular flexibility index (Phi) is 28.2. The van der Waals surface area contributed by atoms with Gasteiger partial charge in [0.1, 0.15) is 6.61 Å². The minimum Gasteiger partial charge on any atom is -0.469 e. The van der Waals surface area contributed by atoms with Gasteiger partial charge in [-0.05, 0) is 12.8 Å². The quantitative estimate of drug-likeness (QED) is 0.103. The van der Waals surface area contributed by atoms with Gasteiger partial charge in [-0.25, -0.2) is 0 Å². The summed E-state index contributed by atoms with van der Waals surface area (Å²) in [6.07, 6.45) is 4.08. The van der Waals surface area contributed by atoms with E-state index in [9.17, 15) is 9.59 Å². The molecule has 0 rings (SSSR count). The SMILES string of the molecule is CCCCC(CC)C(=O)OCCOCCOCCOCCOCCOCCOCCOCCC(=O)OC. The second kappa shape index (κ2) is 29.2. The molecule has 37 heavy (non-hydrogen) atoms. The molecule has 0 radical (unpaired) electrons. The van der Waals surface area contributed by atoms with Crippen LogP contribution in [0.4, 0.5) is 0 Å². The summed E-state index contributed by atoms with van der Waals surface area (Å²) in [7, 11) is 1.35. The number of hydrogen-bond acceptors (Lipinski definition) is 11. The largest absolute Gasteiger partial charge is 0.469 e. The third-order valence-electron chi connectivity index (χ3n) is 5.11. The van der Waals surface area contributed by atoms with Crippen molar-refractivity contribution in [2.24, 2.45) is 5.92 Å². The van der Waals surface area contributed by atoms with Crippen LogP contribution in [0.5, 0.6) is 0 Å². The zero-order valence-corrected chi connectivity index (χ0v) is 23.2. The maximum absolute atomic E-state index is 12.0. The van der Waals surface area contributed by atoms with Crippen LogP contribution in [0.2, 0.25) is 0 Å². The van der Waals surface area contributed by atoms with Crippen molar-refractivity contribution in [1.29, 1.82) is 0 Å². The van der Waals surface area contributed by atoms with Crippen molar-refractivity contribution in [3.8, 4) is 0 Å². The normalized spacial score (nSPS) is 12.0. The highest BCUT2D eigenvalue weighted by Crippen LogP contribution is 2.14. The predicted octanol–water partition coefficient (Wildman–Crippen LogP) is 2.43. The fourth-order valence-corrected chi connectivity index (χ4v) is 2.94. The van der Waals surface area contributed by atoms with Crippen molar-refractivity contribution in [2.75, 3.05) is 106 Å². The van der Waals surface area contributed by atoms with Crippen molar-refractivity contribution in [3.63, 3.8) is 0 Å². The number of carbonyl (C=O) groups is 2. The third kappa shape index (κ3) is 26.1. The third-order valence-corrected chi connectivity index (χ3v) is 5.11. The Morgan fingerprint density at radius 1 is 0.568 bits per heavy atom. The van der Waals surface area contributed by atoms with Gasteiger partial charge in [-0.2, -0.15) is 0 Å². The van der Waals surface area contributed by atoms with Gasteiger partial charge in [0.05, 0.1) is 112 Å². The van der Waals surface area contributed by atoms with Gasteiger partial charge in [-0.3, -0.25) is 9.59 Å². The fourth-order valence-electron chi connectivity index (χ4n) is 2.94. The topological polar surface area (TPSA) is 117 Å². The first-order valence-electron chi connectivity index (χ1n) is 13.4. The Morgan fingerprint density at radius 3 is 1.30 bits per heavy atom. The molecule has 0 bridgehead atoms. The lowest BCUT2D eigenvalue weighted by Crippen LogP contribution is -2.20. The van der Waals surface area contributed by atoms with Gasteiger partial charge in [-0.1, -0.05) is 26.7 Å². The van der Waals surface area contributed by atoms with Gasteiger partial charge < -0.3 is 42.6 Å². The van der Waals surface area contributed by atoms with E-state index >= 15 is 0 Å². The van der Waals surface area contributed by atoms with Gasteiger partial charge in [0, 0.05) is 0 Å². The number of rotatable bonds is 29. The monoisotopic (exact) mass is 538 g/mol. The van der Waals surface area contributed by atoms with Crippen LogP contribution in [0.3, 0.4) is 0 Å². The zero-order valence-electron chi connectivity index (χ0n) is 23.2. The Hall–Kier alpha value is -1.34. The Labute approximate surface area is 222 Å². The van der Waals surface area contributed by atoms with Crippen molar-refractivity contribution in [2.45, 2.75) is 46.0 Å². The van der Waals surface area contributed by atoms with E-state index in [0.717, 1.165) is 25.7 Å². The molecule has 0 heterocycles.